The Morgan fingerprint density at radius 3 is 2.67 bits per heavy atom. The average Bonchev–Trinajstić information content (AvgIpc) is 2.50. The number of aromatic nitrogens is 1. The predicted molar refractivity (Wildman–Crippen MR) is 81.0 cm³/mol. The normalized spacial score (nSPS) is 9.76. The molecule has 1 heterocycles. The van der Waals surface area contributed by atoms with E-state index in [1.165, 1.54) is 0 Å². The fraction of sp³-hybridized carbons (Fsp3) is 0.250. The lowest BCUT2D eigenvalue weighted by Crippen LogP contribution is -2.00. The van der Waals surface area contributed by atoms with E-state index < -0.39 is 0 Å². The van der Waals surface area contributed by atoms with E-state index in [2.05, 4.69) is 10.3 Å². The van der Waals surface area contributed by atoms with Gasteiger partial charge in [0.05, 0.1) is 18.9 Å². The van der Waals surface area contributed by atoms with E-state index in [9.17, 15) is 0 Å². The summed E-state index contributed by atoms with van der Waals surface area (Å²) in [5.74, 6) is 1.49. The van der Waals surface area contributed by atoms with E-state index in [0.717, 1.165) is 22.9 Å². The molecule has 0 aliphatic heterocycles. The van der Waals surface area contributed by atoms with Crippen LogP contribution < -0.4 is 14.8 Å². The number of hydrogen-bond acceptors (Lipinski definition) is 5. The maximum absolute atomic E-state index is 8.90. The number of rotatable bonds is 6. The molecule has 0 amide bonds. The van der Waals surface area contributed by atoms with E-state index in [4.69, 9.17) is 14.7 Å². The highest BCUT2D eigenvalue weighted by Crippen LogP contribution is 2.32. The van der Waals surface area contributed by atoms with Crippen LogP contribution >= 0.6 is 0 Å². The molecule has 1 aromatic heterocycles. The van der Waals surface area contributed by atoms with Gasteiger partial charge in [-0.15, -0.1) is 0 Å². The van der Waals surface area contributed by atoms with Crippen LogP contribution in [-0.2, 0) is 0 Å². The molecular formula is C16H17N3O2. The number of nitriles is 1. The Hall–Kier alpha value is -2.74. The van der Waals surface area contributed by atoms with Crippen molar-refractivity contribution in [1.29, 1.82) is 5.26 Å². The van der Waals surface area contributed by atoms with Gasteiger partial charge in [-0.05, 0) is 38.1 Å². The van der Waals surface area contributed by atoms with Gasteiger partial charge in [0, 0.05) is 18.0 Å². The number of benzene rings is 1. The van der Waals surface area contributed by atoms with E-state index >= 15 is 0 Å². The van der Waals surface area contributed by atoms with Gasteiger partial charge in [-0.1, -0.05) is 0 Å². The molecule has 0 saturated carbocycles. The Morgan fingerprint density at radius 1 is 1.14 bits per heavy atom. The summed E-state index contributed by atoms with van der Waals surface area (Å²) >= 11 is 0. The van der Waals surface area contributed by atoms with E-state index in [1.807, 2.05) is 38.1 Å². The first-order valence-electron chi connectivity index (χ1n) is 6.79. The summed E-state index contributed by atoms with van der Waals surface area (Å²) in [5, 5.41) is 12.1. The van der Waals surface area contributed by atoms with Gasteiger partial charge in [0.1, 0.15) is 23.3 Å². The molecule has 2 rings (SSSR count). The maximum Gasteiger partial charge on any atom is 0.142 e. The number of ether oxygens (including phenoxy) is 2. The maximum atomic E-state index is 8.90. The van der Waals surface area contributed by atoms with E-state index in [0.29, 0.717) is 18.9 Å². The van der Waals surface area contributed by atoms with Crippen molar-refractivity contribution < 1.29 is 9.47 Å². The van der Waals surface area contributed by atoms with Crippen LogP contribution in [0.2, 0.25) is 0 Å². The fourth-order valence-corrected chi connectivity index (χ4v) is 1.87. The Balaban J connectivity index is 2.31. The molecule has 5 heteroatoms. The van der Waals surface area contributed by atoms with Crippen molar-refractivity contribution in [3.05, 3.63) is 42.2 Å². The molecule has 0 aliphatic carbocycles. The smallest absolute Gasteiger partial charge is 0.142 e. The van der Waals surface area contributed by atoms with Gasteiger partial charge in [0.2, 0.25) is 0 Å². The molecule has 1 N–H and O–H groups in total. The highest BCUT2D eigenvalue weighted by Gasteiger charge is 2.07. The number of hydrogen-bond donors (Lipinski definition) is 1. The number of nitrogens with one attached hydrogen (secondary N) is 1. The highest BCUT2D eigenvalue weighted by molar-refractivity contribution is 5.68. The standard InChI is InChI=1S/C16H17N3O2/c1-3-20-14-5-6-16(21-4-2)15(10-14)19-12-7-8-18-13(9-12)11-17/h5-10H,3-4H2,1-2H3,(H,18,19). The minimum atomic E-state index is 0.360. The second-order valence-electron chi connectivity index (χ2n) is 4.19. The summed E-state index contributed by atoms with van der Waals surface area (Å²) in [7, 11) is 0. The van der Waals surface area contributed by atoms with Crippen molar-refractivity contribution in [1.82, 2.24) is 4.98 Å². The van der Waals surface area contributed by atoms with Crippen molar-refractivity contribution in [2.45, 2.75) is 13.8 Å². The van der Waals surface area contributed by atoms with Crippen LogP contribution in [0, 0.1) is 11.3 Å². The first-order valence-corrected chi connectivity index (χ1v) is 6.79. The van der Waals surface area contributed by atoms with E-state index in [-0.39, 0.29) is 0 Å². The van der Waals surface area contributed by atoms with Crippen LogP contribution in [0.4, 0.5) is 11.4 Å². The summed E-state index contributed by atoms with van der Waals surface area (Å²) in [5.41, 5.74) is 1.92. The summed E-state index contributed by atoms with van der Waals surface area (Å²) in [6.45, 7) is 5.04. The molecular weight excluding hydrogens is 266 g/mol. The molecule has 2 aromatic rings. The molecule has 21 heavy (non-hydrogen) atoms. The lowest BCUT2D eigenvalue weighted by molar-refractivity contribution is 0.332. The van der Waals surface area contributed by atoms with Gasteiger partial charge in [-0.3, -0.25) is 0 Å². The molecule has 0 fully saturated rings. The van der Waals surface area contributed by atoms with Crippen molar-refractivity contribution in [3.63, 3.8) is 0 Å². The molecule has 108 valence electrons. The molecule has 5 nitrogen and oxygen atoms in total. The summed E-state index contributed by atoms with van der Waals surface area (Å²) in [6, 6.07) is 11.1. The van der Waals surface area contributed by atoms with Crippen molar-refractivity contribution in [2.75, 3.05) is 18.5 Å². The monoisotopic (exact) mass is 283 g/mol. The molecule has 0 atom stereocenters. The lowest BCUT2D eigenvalue weighted by Gasteiger charge is -2.14. The first-order chi connectivity index (χ1) is 10.3. The summed E-state index contributed by atoms with van der Waals surface area (Å²) in [6.07, 6.45) is 1.59. The Kier molecular flexibility index (Phi) is 4.99. The number of anilines is 2. The van der Waals surface area contributed by atoms with E-state index in [1.54, 1.807) is 18.3 Å². The van der Waals surface area contributed by atoms with Gasteiger partial charge < -0.3 is 14.8 Å². The molecule has 1 aromatic carbocycles. The van der Waals surface area contributed by atoms with Crippen LogP contribution in [0.3, 0.4) is 0 Å². The fourth-order valence-electron chi connectivity index (χ4n) is 1.87. The van der Waals surface area contributed by atoms with Crippen LogP contribution in [0.25, 0.3) is 0 Å². The molecule has 0 saturated heterocycles. The number of pyridine rings is 1. The van der Waals surface area contributed by atoms with Crippen molar-refractivity contribution in [3.8, 4) is 17.6 Å². The van der Waals surface area contributed by atoms with Crippen LogP contribution in [0.15, 0.2) is 36.5 Å². The second-order valence-corrected chi connectivity index (χ2v) is 4.19. The minimum absolute atomic E-state index is 0.360. The molecule has 0 aliphatic rings. The van der Waals surface area contributed by atoms with Crippen LogP contribution in [0.1, 0.15) is 19.5 Å². The SMILES string of the molecule is CCOc1ccc(OCC)c(Nc2ccnc(C#N)c2)c1. The minimum Gasteiger partial charge on any atom is -0.494 e. The third-order valence-electron chi connectivity index (χ3n) is 2.72. The largest absolute Gasteiger partial charge is 0.494 e. The zero-order valence-electron chi connectivity index (χ0n) is 12.1. The Labute approximate surface area is 124 Å². The molecule has 0 unspecified atom stereocenters. The van der Waals surface area contributed by atoms with Gasteiger partial charge in [0.15, 0.2) is 0 Å². The highest BCUT2D eigenvalue weighted by atomic mass is 16.5. The average molecular weight is 283 g/mol. The van der Waals surface area contributed by atoms with Gasteiger partial charge >= 0.3 is 0 Å². The Morgan fingerprint density at radius 2 is 1.95 bits per heavy atom. The van der Waals surface area contributed by atoms with Gasteiger partial charge in [-0.2, -0.15) is 5.26 Å². The quantitative estimate of drug-likeness (QED) is 0.879. The molecule has 0 bridgehead atoms. The third-order valence-corrected chi connectivity index (χ3v) is 2.72. The summed E-state index contributed by atoms with van der Waals surface area (Å²) < 4.78 is 11.1. The molecule has 0 spiro atoms. The number of nitrogens with zero attached hydrogens (tertiary/aromatic N) is 2. The van der Waals surface area contributed by atoms with Crippen molar-refractivity contribution in [2.24, 2.45) is 0 Å². The zero-order valence-corrected chi connectivity index (χ0v) is 12.1. The van der Waals surface area contributed by atoms with Crippen LogP contribution in [-0.4, -0.2) is 18.2 Å². The lowest BCUT2D eigenvalue weighted by atomic mass is 10.2. The summed E-state index contributed by atoms with van der Waals surface area (Å²) in [4.78, 5) is 3.95. The van der Waals surface area contributed by atoms with Gasteiger partial charge in [0.25, 0.3) is 0 Å². The second kappa shape index (κ2) is 7.15. The predicted octanol–water partition coefficient (Wildman–Crippen LogP) is 3.49. The van der Waals surface area contributed by atoms with Crippen LogP contribution in [0.5, 0.6) is 11.5 Å². The first kappa shape index (κ1) is 14.7. The van der Waals surface area contributed by atoms with Crippen molar-refractivity contribution >= 4 is 11.4 Å². The molecule has 0 radical (unpaired) electrons. The topological polar surface area (TPSA) is 67.2 Å². The van der Waals surface area contributed by atoms with Gasteiger partial charge in [-0.25, -0.2) is 4.98 Å². The zero-order chi connectivity index (χ0) is 15.1. The Bertz CT molecular complexity index is 650. The third kappa shape index (κ3) is 3.86.